The second-order valence-corrected chi connectivity index (χ2v) is 9.33. The maximum atomic E-state index is 13.0. The van der Waals surface area contributed by atoms with E-state index >= 15 is 0 Å². The molecule has 1 aromatic carbocycles. The van der Waals surface area contributed by atoms with Gasteiger partial charge in [0.15, 0.2) is 9.84 Å². The van der Waals surface area contributed by atoms with Crippen molar-refractivity contribution in [3.63, 3.8) is 0 Å². The van der Waals surface area contributed by atoms with Crippen LogP contribution >= 0.6 is 0 Å². The minimum absolute atomic E-state index is 0.0383. The summed E-state index contributed by atoms with van der Waals surface area (Å²) in [6.07, 6.45) is 0. The number of nitrogens with zero attached hydrogens (tertiary/aromatic N) is 2. The summed E-state index contributed by atoms with van der Waals surface area (Å²) in [5.41, 5.74) is 2.33. The topological polar surface area (TPSA) is 115 Å². The Balaban J connectivity index is 1.61. The molecule has 0 aliphatic carbocycles. The van der Waals surface area contributed by atoms with Crippen LogP contribution in [0, 0.1) is 20.8 Å². The van der Waals surface area contributed by atoms with E-state index < -0.39 is 15.7 Å². The van der Waals surface area contributed by atoms with Crippen LogP contribution in [0.25, 0.3) is 22.4 Å². The molecular weight excluding hydrogens is 418 g/mol. The van der Waals surface area contributed by atoms with Gasteiger partial charge in [0.25, 0.3) is 11.6 Å². The second kappa shape index (κ2) is 7.99. The maximum Gasteiger partial charge on any atom is 0.259 e. The standard InChI is InChI=1S/C22H21N3O5S/c1-13-11-17(15(3)29-13)19-12-18(20-14(2)25-30-22(20)24-19)21(26)23-9-10-31(27,28)16-7-5-4-6-8-16/h4-8,11-12H,9-10H2,1-3H3,(H,23,26). The smallest absolute Gasteiger partial charge is 0.259 e. The lowest BCUT2D eigenvalue weighted by atomic mass is 10.1. The van der Waals surface area contributed by atoms with Gasteiger partial charge in [-0.1, -0.05) is 23.4 Å². The van der Waals surface area contributed by atoms with Gasteiger partial charge in [0.05, 0.1) is 33.0 Å². The van der Waals surface area contributed by atoms with Crippen LogP contribution in [0.15, 0.2) is 56.3 Å². The molecule has 1 N–H and O–H groups in total. The number of hydrogen-bond acceptors (Lipinski definition) is 7. The highest BCUT2D eigenvalue weighted by Crippen LogP contribution is 2.30. The van der Waals surface area contributed by atoms with Gasteiger partial charge in [-0.2, -0.15) is 0 Å². The Kier molecular flexibility index (Phi) is 5.36. The minimum atomic E-state index is -3.50. The molecule has 160 valence electrons. The van der Waals surface area contributed by atoms with E-state index in [1.165, 1.54) is 12.1 Å². The SMILES string of the molecule is Cc1cc(-c2cc(C(=O)NCCS(=O)(=O)c3ccccc3)c3c(C)noc3n2)c(C)o1. The number of furan rings is 1. The van der Waals surface area contributed by atoms with E-state index in [4.69, 9.17) is 8.94 Å². The van der Waals surface area contributed by atoms with Crippen LogP contribution in [0.3, 0.4) is 0 Å². The predicted molar refractivity (Wildman–Crippen MR) is 115 cm³/mol. The Hall–Kier alpha value is -3.46. The van der Waals surface area contributed by atoms with Crippen molar-refractivity contribution in [3.8, 4) is 11.3 Å². The number of aryl methyl sites for hydroxylation is 3. The maximum absolute atomic E-state index is 13.0. The van der Waals surface area contributed by atoms with Crippen molar-refractivity contribution in [2.45, 2.75) is 25.7 Å². The number of nitrogens with one attached hydrogen (secondary N) is 1. The van der Waals surface area contributed by atoms with Crippen LogP contribution in [-0.2, 0) is 9.84 Å². The average Bonchev–Trinajstić information content (AvgIpc) is 3.29. The summed E-state index contributed by atoms with van der Waals surface area (Å²) in [5, 5.41) is 7.11. The van der Waals surface area contributed by atoms with Crippen molar-refractivity contribution in [1.29, 1.82) is 0 Å². The van der Waals surface area contributed by atoms with Gasteiger partial charge in [0.1, 0.15) is 11.5 Å². The number of amides is 1. The number of hydrogen-bond donors (Lipinski definition) is 1. The molecule has 1 amide bonds. The van der Waals surface area contributed by atoms with E-state index in [2.05, 4.69) is 15.5 Å². The highest BCUT2D eigenvalue weighted by Gasteiger charge is 2.21. The normalized spacial score (nSPS) is 11.7. The molecule has 3 aromatic heterocycles. The Morgan fingerprint density at radius 3 is 2.52 bits per heavy atom. The highest BCUT2D eigenvalue weighted by molar-refractivity contribution is 7.91. The van der Waals surface area contributed by atoms with Gasteiger partial charge in [-0.3, -0.25) is 4.79 Å². The van der Waals surface area contributed by atoms with Crippen molar-refractivity contribution in [1.82, 2.24) is 15.5 Å². The number of rotatable bonds is 6. The van der Waals surface area contributed by atoms with Crippen molar-refractivity contribution in [2.24, 2.45) is 0 Å². The van der Waals surface area contributed by atoms with Gasteiger partial charge in [-0.05, 0) is 45.0 Å². The lowest BCUT2D eigenvalue weighted by Gasteiger charge is -2.09. The van der Waals surface area contributed by atoms with Crippen LogP contribution < -0.4 is 5.32 Å². The molecule has 0 aliphatic rings. The number of benzene rings is 1. The Labute approximate surface area is 179 Å². The van der Waals surface area contributed by atoms with E-state index in [0.717, 1.165) is 11.3 Å². The van der Waals surface area contributed by atoms with E-state index in [1.807, 2.05) is 19.9 Å². The first-order valence-electron chi connectivity index (χ1n) is 9.66. The summed E-state index contributed by atoms with van der Waals surface area (Å²) in [4.78, 5) is 17.7. The fourth-order valence-corrected chi connectivity index (χ4v) is 4.62. The molecule has 0 atom stereocenters. The zero-order chi connectivity index (χ0) is 22.2. The van der Waals surface area contributed by atoms with Crippen LogP contribution in [-0.4, -0.2) is 36.8 Å². The quantitative estimate of drug-likeness (QED) is 0.488. The molecule has 8 nitrogen and oxygen atoms in total. The molecule has 0 radical (unpaired) electrons. The highest BCUT2D eigenvalue weighted by atomic mass is 32.2. The van der Waals surface area contributed by atoms with E-state index in [1.54, 1.807) is 31.2 Å². The molecule has 0 spiro atoms. The number of fused-ring (bicyclic) bond motifs is 1. The van der Waals surface area contributed by atoms with Crippen LogP contribution in [0.2, 0.25) is 0 Å². The molecule has 0 saturated carbocycles. The third-order valence-corrected chi connectivity index (χ3v) is 6.67. The lowest BCUT2D eigenvalue weighted by Crippen LogP contribution is -2.29. The van der Waals surface area contributed by atoms with Crippen LogP contribution in [0.4, 0.5) is 0 Å². The summed E-state index contributed by atoms with van der Waals surface area (Å²) in [5.74, 6) is 0.745. The summed E-state index contributed by atoms with van der Waals surface area (Å²) >= 11 is 0. The van der Waals surface area contributed by atoms with Gasteiger partial charge in [-0.25, -0.2) is 13.4 Å². The number of carbonyl (C=O) groups excluding carboxylic acids is 1. The third-order valence-electron chi connectivity index (χ3n) is 4.94. The van der Waals surface area contributed by atoms with Gasteiger partial charge < -0.3 is 14.3 Å². The molecule has 0 fully saturated rings. The molecule has 0 saturated heterocycles. The number of pyridine rings is 1. The van der Waals surface area contributed by atoms with Crippen molar-refractivity contribution in [2.75, 3.05) is 12.3 Å². The summed E-state index contributed by atoms with van der Waals surface area (Å²) < 4.78 is 35.8. The molecule has 4 aromatic rings. The molecule has 31 heavy (non-hydrogen) atoms. The molecule has 0 bridgehead atoms. The van der Waals surface area contributed by atoms with E-state index in [-0.39, 0.29) is 22.9 Å². The Bertz CT molecular complexity index is 1370. The summed E-state index contributed by atoms with van der Waals surface area (Å²) in [6.45, 7) is 5.32. The van der Waals surface area contributed by atoms with Crippen LogP contribution in [0.1, 0.15) is 27.6 Å². The van der Waals surface area contributed by atoms with Crippen molar-refractivity contribution in [3.05, 3.63) is 65.2 Å². The van der Waals surface area contributed by atoms with E-state index in [9.17, 15) is 13.2 Å². The predicted octanol–water partition coefficient (Wildman–Crippen LogP) is 3.61. The molecule has 0 aliphatic heterocycles. The second-order valence-electron chi connectivity index (χ2n) is 7.22. The molecular formula is C22H21N3O5S. The first-order valence-corrected chi connectivity index (χ1v) is 11.3. The number of aromatic nitrogens is 2. The third kappa shape index (κ3) is 4.09. The molecule has 4 rings (SSSR count). The minimum Gasteiger partial charge on any atom is -0.466 e. The fourth-order valence-electron chi connectivity index (χ4n) is 3.44. The molecule has 0 unspecified atom stereocenters. The molecule has 9 heteroatoms. The Morgan fingerprint density at radius 2 is 1.84 bits per heavy atom. The fraction of sp³-hybridized carbons (Fsp3) is 0.227. The zero-order valence-electron chi connectivity index (χ0n) is 17.3. The number of carbonyl (C=O) groups is 1. The lowest BCUT2D eigenvalue weighted by molar-refractivity contribution is 0.0957. The first-order chi connectivity index (χ1) is 14.8. The Morgan fingerprint density at radius 1 is 1.10 bits per heavy atom. The molecule has 3 heterocycles. The first kappa shape index (κ1) is 20.8. The monoisotopic (exact) mass is 439 g/mol. The van der Waals surface area contributed by atoms with Gasteiger partial charge in [0.2, 0.25) is 0 Å². The van der Waals surface area contributed by atoms with Gasteiger partial charge in [-0.15, -0.1) is 0 Å². The number of sulfone groups is 1. The zero-order valence-corrected chi connectivity index (χ0v) is 18.1. The van der Waals surface area contributed by atoms with Crippen molar-refractivity contribution < 1.29 is 22.2 Å². The van der Waals surface area contributed by atoms with E-state index in [0.29, 0.717) is 28.1 Å². The average molecular weight is 439 g/mol. The summed E-state index contributed by atoms with van der Waals surface area (Å²) in [6, 6.07) is 11.6. The van der Waals surface area contributed by atoms with Gasteiger partial charge >= 0.3 is 0 Å². The summed E-state index contributed by atoms with van der Waals surface area (Å²) in [7, 11) is -3.50. The van der Waals surface area contributed by atoms with Crippen molar-refractivity contribution >= 4 is 26.8 Å². The van der Waals surface area contributed by atoms with Crippen LogP contribution in [0.5, 0.6) is 0 Å². The largest absolute Gasteiger partial charge is 0.466 e. The van der Waals surface area contributed by atoms with Gasteiger partial charge in [0, 0.05) is 12.1 Å².